The Morgan fingerprint density at radius 1 is 1.06 bits per heavy atom. The summed E-state index contributed by atoms with van der Waals surface area (Å²) >= 11 is 1.63. The zero-order valence-corrected chi connectivity index (χ0v) is 19.3. The minimum atomic E-state index is -0.0977. The van der Waals surface area contributed by atoms with Crippen LogP contribution in [0.1, 0.15) is 53.1 Å². The maximum atomic E-state index is 13.2. The van der Waals surface area contributed by atoms with Gasteiger partial charge in [0.2, 0.25) is 0 Å². The fourth-order valence-electron chi connectivity index (χ4n) is 3.88. The molecule has 0 radical (unpaired) electrons. The van der Waals surface area contributed by atoms with Gasteiger partial charge in [0, 0.05) is 28.4 Å². The number of amides is 1. The van der Waals surface area contributed by atoms with E-state index in [2.05, 4.69) is 5.32 Å². The molecule has 0 bridgehead atoms. The second-order valence-electron chi connectivity index (χ2n) is 7.54. The van der Waals surface area contributed by atoms with Gasteiger partial charge in [-0.05, 0) is 69.4 Å². The van der Waals surface area contributed by atoms with Crippen LogP contribution in [0.4, 0.5) is 10.7 Å². The van der Waals surface area contributed by atoms with Crippen molar-refractivity contribution in [2.45, 2.75) is 39.5 Å². The van der Waals surface area contributed by atoms with E-state index in [9.17, 15) is 4.79 Å². The third kappa shape index (κ3) is 5.02. The van der Waals surface area contributed by atoms with Gasteiger partial charge in [-0.1, -0.05) is 18.2 Å². The Kier molecular flexibility index (Phi) is 7.22. The number of carbonyl (C=O) groups excluding carboxylic acids is 1. The van der Waals surface area contributed by atoms with Crippen molar-refractivity contribution >= 4 is 34.1 Å². The Balaban J connectivity index is 1.67. The normalized spacial score (nSPS) is 13.1. The molecule has 0 spiro atoms. The van der Waals surface area contributed by atoms with Crippen LogP contribution in [0, 0.1) is 0 Å². The van der Waals surface area contributed by atoms with Crippen LogP contribution in [-0.4, -0.2) is 25.3 Å². The summed E-state index contributed by atoms with van der Waals surface area (Å²) in [7, 11) is 0. The van der Waals surface area contributed by atoms with Gasteiger partial charge < -0.3 is 14.8 Å². The fourth-order valence-corrected chi connectivity index (χ4v) is 5.11. The number of carbonyl (C=O) groups is 1. The number of hydrogen-bond donors (Lipinski definition) is 1. The molecule has 0 saturated heterocycles. The van der Waals surface area contributed by atoms with E-state index in [-0.39, 0.29) is 5.91 Å². The number of nitrogens with zero attached hydrogens (tertiary/aromatic N) is 1. The second-order valence-corrected chi connectivity index (χ2v) is 8.62. The minimum Gasteiger partial charge on any atom is -0.494 e. The maximum absolute atomic E-state index is 13.2. The van der Waals surface area contributed by atoms with Gasteiger partial charge in [0.05, 0.1) is 18.8 Å². The summed E-state index contributed by atoms with van der Waals surface area (Å²) in [4.78, 5) is 19.3. The highest BCUT2D eigenvalue weighted by atomic mass is 32.1. The average molecular weight is 449 g/mol. The highest BCUT2D eigenvalue weighted by Gasteiger charge is 2.25. The summed E-state index contributed by atoms with van der Waals surface area (Å²) in [6, 6.07) is 15.3. The van der Waals surface area contributed by atoms with Gasteiger partial charge in [-0.3, -0.25) is 4.79 Å². The second kappa shape index (κ2) is 10.5. The van der Waals surface area contributed by atoms with E-state index in [1.165, 1.54) is 4.88 Å². The first-order valence-corrected chi connectivity index (χ1v) is 12.0. The molecule has 0 fully saturated rings. The third-order valence-corrected chi connectivity index (χ3v) is 6.53. The molecule has 2 aromatic carbocycles. The number of nitrogens with one attached hydrogen (secondary N) is 1. The quantitative estimate of drug-likeness (QED) is 0.404. The number of aryl methyl sites for hydroxylation is 1. The van der Waals surface area contributed by atoms with E-state index in [0.29, 0.717) is 18.8 Å². The SMILES string of the molecule is CCOc1ccc(C=Nc2sc3c(c2C(=O)Nc2ccccc2)CCCC3)c(OCC)c1. The molecule has 0 atom stereocenters. The first kappa shape index (κ1) is 22.1. The summed E-state index contributed by atoms with van der Waals surface area (Å²) in [5, 5.41) is 3.79. The van der Waals surface area contributed by atoms with Gasteiger partial charge >= 0.3 is 0 Å². The Labute approximate surface area is 193 Å². The largest absolute Gasteiger partial charge is 0.494 e. The monoisotopic (exact) mass is 448 g/mol. The minimum absolute atomic E-state index is 0.0977. The van der Waals surface area contributed by atoms with E-state index in [0.717, 1.165) is 59.0 Å². The first-order valence-electron chi connectivity index (χ1n) is 11.1. The standard InChI is InChI=1S/C26H28N2O3S/c1-3-30-20-15-14-18(22(16-20)31-4-2)17-27-26-24(21-12-8-9-13-23(21)32-26)25(29)28-19-10-6-5-7-11-19/h5-7,10-11,14-17H,3-4,8-9,12-13H2,1-2H3,(H,28,29). The van der Waals surface area contributed by atoms with Gasteiger partial charge in [0.1, 0.15) is 16.5 Å². The van der Waals surface area contributed by atoms with E-state index < -0.39 is 0 Å². The highest BCUT2D eigenvalue weighted by Crippen LogP contribution is 2.40. The van der Waals surface area contributed by atoms with Crippen molar-refractivity contribution in [2.75, 3.05) is 18.5 Å². The summed E-state index contributed by atoms with van der Waals surface area (Å²) < 4.78 is 11.4. The molecule has 6 heteroatoms. The van der Waals surface area contributed by atoms with E-state index in [1.54, 1.807) is 17.6 Å². The molecule has 3 aromatic rings. The fraction of sp³-hybridized carbons (Fsp3) is 0.308. The molecule has 1 N–H and O–H groups in total. The van der Waals surface area contributed by atoms with Gasteiger partial charge in [0.15, 0.2) is 0 Å². The van der Waals surface area contributed by atoms with E-state index in [4.69, 9.17) is 14.5 Å². The molecular formula is C26H28N2O3S. The molecule has 1 aliphatic carbocycles. The van der Waals surface area contributed by atoms with E-state index >= 15 is 0 Å². The number of hydrogen-bond acceptors (Lipinski definition) is 5. The third-order valence-electron chi connectivity index (χ3n) is 5.33. The number of para-hydroxylation sites is 1. The Hall–Kier alpha value is -3.12. The predicted molar refractivity (Wildman–Crippen MR) is 131 cm³/mol. The lowest BCUT2D eigenvalue weighted by Crippen LogP contribution is -2.14. The molecule has 0 saturated carbocycles. The van der Waals surface area contributed by atoms with Gasteiger partial charge in [-0.25, -0.2) is 4.99 Å². The van der Waals surface area contributed by atoms with Crippen molar-refractivity contribution < 1.29 is 14.3 Å². The summed E-state index contributed by atoms with van der Waals surface area (Å²) in [5.74, 6) is 1.39. The van der Waals surface area contributed by atoms with Gasteiger partial charge in [-0.15, -0.1) is 11.3 Å². The van der Waals surface area contributed by atoms with Crippen LogP contribution >= 0.6 is 11.3 Å². The van der Waals surface area contributed by atoms with Crippen LogP contribution < -0.4 is 14.8 Å². The molecule has 1 amide bonds. The molecular weight excluding hydrogens is 420 g/mol. The number of ether oxygens (including phenoxy) is 2. The molecule has 0 aliphatic heterocycles. The highest BCUT2D eigenvalue weighted by molar-refractivity contribution is 7.16. The Morgan fingerprint density at radius 2 is 1.84 bits per heavy atom. The van der Waals surface area contributed by atoms with Crippen LogP contribution in [0.15, 0.2) is 53.5 Å². The first-order chi connectivity index (χ1) is 15.7. The lowest BCUT2D eigenvalue weighted by molar-refractivity contribution is 0.102. The number of benzene rings is 2. The summed E-state index contributed by atoms with van der Waals surface area (Å²) in [5.41, 5.74) is 3.50. The number of rotatable bonds is 8. The zero-order valence-electron chi connectivity index (χ0n) is 18.5. The van der Waals surface area contributed by atoms with Crippen molar-refractivity contribution in [3.05, 3.63) is 70.1 Å². The molecule has 1 aromatic heterocycles. The molecule has 4 rings (SSSR count). The van der Waals surface area contributed by atoms with Crippen LogP contribution in [-0.2, 0) is 12.8 Å². The van der Waals surface area contributed by atoms with Crippen LogP contribution in [0.3, 0.4) is 0 Å². The number of anilines is 1. The molecule has 1 aliphatic rings. The Bertz CT molecular complexity index is 1110. The molecule has 5 nitrogen and oxygen atoms in total. The van der Waals surface area contributed by atoms with E-state index in [1.807, 2.05) is 62.4 Å². The molecule has 32 heavy (non-hydrogen) atoms. The van der Waals surface area contributed by atoms with Crippen molar-refractivity contribution in [1.82, 2.24) is 0 Å². The summed E-state index contributed by atoms with van der Waals surface area (Å²) in [6.45, 7) is 5.05. The van der Waals surface area contributed by atoms with Gasteiger partial charge in [-0.2, -0.15) is 0 Å². The summed E-state index contributed by atoms with van der Waals surface area (Å²) in [6.07, 6.45) is 5.98. The lowest BCUT2D eigenvalue weighted by Gasteiger charge is -2.13. The number of thiophene rings is 1. The van der Waals surface area contributed by atoms with Crippen molar-refractivity contribution in [2.24, 2.45) is 4.99 Å². The average Bonchev–Trinajstić information content (AvgIpc) is 3.18. The van der Waals surface area contributed by atoms with Crippen molar-refractivity contribution in [3.63, 3.8) is 0 Å². The predicted octanol–water partition coefficient (Wildman–Crippen LogP) is 6.43. The number of fused-ring (bicyclic) bond motifs is 1. The van der Waals surface area contributed by atoms with Crippen LogP contribution in [0.5, 0.6) is 11.5 Å². The smallest absolute Gasteiger partial charge is 0.259 e. The maximum Gasteiger partial charge on any atom is 0.259 e. The molecule has 0 unspecified atom stereocenters. The van der Waals surface area contributed by atoms with Crippen LogP contribution in [0.25, 0.3) is 0 Å². The van der Waals surface area contributed by atoms with Crippen molar-refractivity contribution in [3.8, 4) is 11.5 Å². The lowest BCUT2D eigenvalue weighted by atomic mass is 9.95. The topological polar surface area (TPSA) is 59.9 Å². The zero-order chi connectivity index (χ0) is 22.3. The Morgan fingerprint density at radius 3 is 2.62 bits per heavy atom. The molecule has 166 valence electrons. The van der Waals surface area contributed by atoms with Gasteiger partial charge in [0.25, 0.3) is 5.91 Å². The molecule has 1 heterocycles. The van der Waals surface area contributed by atoms with Crippen molar-refractivity contribution in [1.29, 1.82) is 0 Å². The number of aliphatic imine (C=N–C) groups is 1. The van der Waals surface area contributed by atoms with Crippen LogP contribution in [0.2, 0.25) is 0 Å².